The van der Waals surface area contributed by atoms with Gasteiger partial charge in [0.05, 0.1) is 12.0 Å². The van der Waals surface area contributed by atoms with E-state index >= 15 is 0 Å². The maximum Gasteiger partial charge on any atom is 0.414 e. The van der Waals surface area contributed by atoms with E-state index in [4.69, 9.17) is 14.2 Å². The summed E-state index contributed by atoms with van der Waals surface area (Å²) >= 11 is 0. The largest absolute Gasteiger partial charge is 0.459 e. The van der Waals surface area contributed by atoms with Crippen LogP contribution in [0, 0.1) is 5.92 Å². The zero-order valence-electron chi connectivity index (χ0n) is 30.8. The Kier molecular flexibility index (Phi) is 14.5. The number of esters is 1. The van der Waals surface area contributed by atoms with Crippen LogP contribution in [0.1, 0.15) is 54.5 Å². The molecule has 13 heteroatoms. The van der Waals surface area contributed by atoms with Crippen molar-refractivity contribution in [1.29, 1.82) is 0 Å². The smallest absolute Gasteiger partial charge is 0.414 e. The monoisotopic (exact) mass is 747 g/mol. The molecule has 0 aromatic heterocycles. The Bertz CT molecular complexity index is 1850. The van der Waals surface area contributed by atoms with Crippen molar-refractivity contribution in [3.8, 4) is 0 Å². The van der Waals surface area contributed by atoms with Gasteiger partial charge in [-0.1, -0.05) is 128 Å². The van der Waals surface area contributed by atoms with Crippen LogP contribution in [0.2, 0.25) is 0 Å². The normalized spacial score (nSPS) is 15.1. The van der Waals surface area contributed by atoms with E-state index in [-0.39, 0.29) is 51.2 Å². The van der Waals surface area contributed by atoms with Crippen LogP contribution in [-0.4, -0.2) is 65.5 Å². The molecule has 55 heavy (non-hydrogen) atoms. The summed E-state index contributed by atoms with van der Waals surface area (Å²) < 4.78 is 16.2. The number of nitrogens with zero attached hydrogens (tertiary/aromatic N) is 3. The minimum atomic E-state index is -1.15. The Morgan fingerprint density at radius 2 is 1.16 bits per heavy atom. The second-order valence-electron chi connectivity index (χ2n) is 12.8. The van der Waals surface area contributed by atoms with Crippen LogP contribution in [0.4, 0.5) is 14.4 Å². The van der Waals surface area contributed by atoms with E-state index in [0.29, 0.717) is 6.42 Å². The molecule has 0 saturated carbocycles. The van der Waals surface area contributed by atoms with Crippen LogP contribution in [0.5, 0.6) is 0 Å². The van der Waals surface area contributed by atoms with Crippen molar-refractivity contribution < 1.29 is 38.2 Å². The number of urea groups is 1. The van der Waals surface area contributed by atoms with Crippen molar-refractivity contribution in [2.24, 2.45) is 10.9 Å². The van der Waals surface area contributed by atoms with Crippen molar-refractivity contribution in [3.63, 3.8) is 0 Å². The highest BCUT2D eigenvalue weighted by atomic mass is 16.6. The number of hydrogen-bond acceptors (Lipinski definition) is 9. The number of carbonyl (C=O) groups excluding carboxylic acids is 5. The molecule has 1 aliphatic heterocycles. The number of alkyl carbamates (subject to hydrolysis) is 2. The number of carbonyl (C=O) groups is 5. The fourth-order valence-electron chi connectivity index (χ4n) is 6.16. The van der Waals surface area contributed by atoms with Crippen LogP contribution in [0.15, 0.2) is 126 Å². The predicted molar refractivity (Wildman–Crippen MR) is 204 cm³/mol. The van der Waals surface area contributed by atoms with Crippen molar-refractivity contribution in [3.05, 3.63) is 144 Å². The molecule has 13 nitrogen and oxygen atoms in total. The standard InChI is InChI=1S/C42H45N5O8/c1-3-35(33-23-14-7-15-24-33)46(2)42(52)47-36(38(49)53-27-30-17-8-4-9-18-30)34(37(47)48)25-16-26-43-39(44-40(50)54-28-31-19-10-5-11-20-31)45-41(51)55-29-32-21-12-6-13-22-32/h4-15,17-24,34-36H,3,16,25-29H2,1-2H3,(H2,43,44,45,50,51). The van der Waals surface area contributed by atoms with Crippen LogP contribution in [-0.2, 0) is 43.6 Å². The summed E-state index contributed by atoms with van der Waals surface area (Å²) in [7, 11) is 1.61. The SMILES string of the molecule is CCC(c1ccccc1)N(C)C(=O)N1C(=O)C(CCCN=C(NC(=O)OCc2ccccc2)NC(=O)OCc2ccccc2)C1C(=O)OCc1ccccc1. The topological polar surface area (TPSA) is 156 Å². The lowest BCUT2D eigenvalue weighted by molar-refractivity contribution is -0.171. The first-order valence-electron chi connectivity index (χ1n) is 18.1. The second-order valence-corrected chi connectivity index (χ2v) is 12.8. The number of β-lactam (4-membered cyclic amide) rings is 1. The van der Waals surface area contributed by atoms with E-state index in [9.17, 15) is 24.0 Å². The number of nitrogens with one attached hydrogen (secondary N) is 2. The van der Waals surface area contributed by atoms with Gasteiger partial charge in [-0.05, 0) is 41.5 Å². The molecule has 1 saturated heterocycles. The van der Waals surface area contributed by atoms with Gasteiger partial charge in [0.15, 0.2) is 6.04 Å². The lowest BCUT2D eigenvalue weighted by Gasteiger charge is -2.46. The van der Waals surface area contributed by atoms with Gasteiger partial charge in [-0.3, -0.25) is 20.4 Å². The maximum absolute atomic E-state index is 13.9. The molecule has 1 fully saturated rings. The zero-order chi connectivity index (χ0) is 39.0. The molecule has 4 aromatic rings. The molecule has 4 aromatic carbocycles. The molecular weight excluding hydrogens is 702 g/mol. The molecule has 286 valence electrons. The van der Waals surface area contributed by atoms with Gasteiger partial charge in [0, 0.05) is 13.6 Å². The summed E-state index contributed by atoms with van der Waals surface area (Å²) in [6, 6.07) is 34.6. The van der Waals surface area contributed by atoms with Gasteiger partial charge in [0.2, 0.25) is 11.9 Å². The maximum atomic E-state index is 13.9. The van der Waals surface area contributed by atoms with E-state index in [1.165, 1.54) is 4.90 Å². The lowest BCUT2D eigenvalue weighted by atomic mass is 9.83. The first kappa shape index (κ1) is 39.7. The van der Waals surface area contributed by atoms with Crippen LogP contribution in [0.3, 0.4) is 0 Å². The summed E-state index contributed by atoms with van der Waals surface area (Å²) in [4.78, 5) is 73.2. The molecule has 0 radical (unpaired) electrons. The van der Waals surface area contributed by atoms with Crippen LogP contribution >= 0.6 is 0 Å². The number of hydrogen-bond donors (Lipinski definition) is 2. The van der Waals surface area contributed by atoms with Gasteiger partial charge >= 0.3 is 24.2 Å². The van der Waals surface area contributed by atoms with Crippen molar-refractivity contribution >= 4 is 36.1 Å². The fourth-order valence-corrected chi connectivity index (χ4v) is 6.16. The van der Waals surface area contributed by atoms with E-state index in [1.807, 2.05) is 104 Å². The van der Waals surface area contributed by atoms with Crippen LogP contribution < -0.4 is 10.6 Å². The number of imide groups is 1. The highest BCUT2D eigenvalue weighted by Gasteiger charge is 2.56. The Labute approximate surface area is 320 Å². The number of rotatable bonds is 14. The number of amides is 5. The summed E-state index contributed by atoms with van der Waals surface area (Å²) in [5.41, 5.74) is 3.18. The first-order chi connectivity index (χ1) is 26.7. The summed E-state index contributed by atoms with van der Waals surface area (Å²) in [5, 5.41) is 4.88. The molecule has 3 atom stereocenters. The minimum absolute atomic E-state index is 0.0152. The zero-order valence-corrected chi connectivity index (χ0v) is 30.8. The fraction of sp³-hybridized carbons (Fsp3) is 0.286. The van der Waals surface area contributed by atoms with Gasteiger partial charge < -0.3 is 19.1 Å². The third kappa shape index (κ3) is 11.2. The average Bonchev–Trinajstić information content (AvgIpc) is 3.21. The molecule has 0 aliphatic carbocycles. The van der Waals surface area contributed by atoms with Gasteiger partial charge in [0.1, 0.15) is 19.8 Å². The third-order valence-electron chi connectivity index (χ3n) is 9.04. The minimum Gasteiger partial charge on any atom is -0.459 e. The Balaban J connectivity index is 1.25. The predicted octanol–water partition coefficient (Wildman–Crippen LogP) is 6.75. The average molecular weight is 748 g/mol. The summed E-state index contributed by atoms with van der Waals surface area (Å²) in [6.07, 6.45) is -0.714. The molecular formula is C42H45N5O8. The molecule has 1 aliphatic rings. The summed E-state index contributed by atoms with van der Waals surface area (Å²) in [6.45, 7) is 1.92. The third-order valence-corrected chi connectivity index (χ3v) is 9.04. The molecule has 1 heterocycles. The number of guanidine groups is 1. The highest BCUT2D eigenvalue weighted by molar-refractivity contribution is 6.08. The molecule has 5 rings (SSSR count). The van der Waals surface area contributed by atoms with E-state index in [0.717, 1.165) is 27.2 Å². The molecule has 5 amide bonds. The lowest BCUT2D eigenvalue weighted by Crippen LogP contribution is -2.68. The van der Waals surface area contributed by atoms with E-state index < -0.39 is 42.1 Å². The van der Waals surface area contributed by atoms with Crippen molar-refractivity contribution in [2.45, 2.75) is 58.1 Å². The van der Waals surface area contributed by atoms with E-state index in [1.54, 1.807) is 31.3 Å². The molecule has 3 unspecified atom stereocenters. The Morgan fingerprint density at radius 3 is 1.64 bits per heavy atom. The molecule has 2 N–H and O–H groups in total. The van der Waals surface area contributed by atoms with Crippen LogP contribution in [0.25, 0.3) is 0 Å². The number of ether oxygens (including phenoxy) is 3. The van der Waals surface area contributed by atoms with Crippen molar-refractivity contribution in [2.75, 3.05) is 13.6 Å². The summed E-state index contributed by atoms with van der Waals surface area (Å²) in [5.74, 6) is -2.28. The number of aliphatic imine (C=N–C) groups is 1. The van der Waals surface area contributed by atoms with Gasteiger partial charge in [-0.25, -0.2) is 24.1 Å². The van der Waals surface area contributed by atoms with Crippen molar-refractivity contribution in [1.82, 2.24) is 20.4 Å². The Morgan fingerprint density at radius 1 is 0.709 bits per heavy atom. The number of likely N-dealkylation sites (tertiary alicyclic amines) is 1. The number of benzene rings is 4. The van der Waals surface area contributed by atoms with Gasteiger partial charge in [-0.2, -0.15) is 0 Å². The second kappa shape index (κ2) is 20.1. The Hall–Kier alpha value is -6.50. The van der Waals surface area contributed by atoms with Gasteiger partial charge in [0.25, 0.3) is 0 Å². The van der Waals surface area contributed by atoms with Gasteiger partial charge in [-0.15, -0.1) is 0 Å². The quantitative estimate of drug-likeness (QED) is 0.0359. The molecule has 0 bridgehead atoms. The highest BCUT2D eigenvalue weighted by Crippen LogP contribution is 2.35. The first-order valence-corrected chi connectivity index (χ1v) is 18.1. The molecule has 0 spiro atoms. The van der Waals surface area contributed by atoms with E-state index in [2.05, 4.69) is 15.6 Å².